The van der Waals surface area contributed by atoms with Crippen molar-refractivity contribution in [2.24, 2.45) is 0 Å². The van der Waals surface area contributed by atoms with Crippen molar-refractivity contribution in [3.63, 3.8) is 0 Å². The van der Waals surface area contributed by atoms with Crippen LogP contribution in [0.4, 0.5) is 32.1 Å². The molecule has 0 unspecified atom stereocenters. The summed E-state index contributed by atoms with van der Waals surface area (Å²) in [4.78, 5) is 34.6. The monoisotopic (exact) mass is 576 g/mol. The van der Waals surface area contributed by atoms with Gasteiger partial charge in [-0.3, -0.25) is 15.0 Å². The molecule has 12 heteroatoms. The summed E-state index contributed by atoms with van der Waals surface area (Å²) in [6, 6.07) is 15.2. The van der Waals surface area contributed by atoms with Crippen LogP contribution in [0.25, 0.3) is 10.9 Å². The molecule has 1 atom stereocenters. The molecule has 10 nitrogen and oxygen atoms in total. The fourth-order valence-corrected chi connectivity index (χ4v) is 5.00. The van der Waals surface area contributed by atoms with Crippen molar-refractivity contribution >= 4 is 57.3 Å². The smallest absolute Gasteiger partial charge is 0.328 e. The van der Waals surface area contributed by atoms with Gasteiger partial charge in [-0.25, -0.2) is 19.2 Å². The minimum Gasteiger partial charge on any atom is -0.486 e. The Bertz CT molecular complexity index is 1630. The highest BCUT2D eigenvalue weighted by Crippen LogP contribution is 2.36. The Morgan fingerprint density at radius 2 is 2.02 bits per heavy atom. The second-order valence-corrected chi connectivity index (χ2v) is 10.1. The molecule has 3 heterocycles. The normalized spacial score (nSPS) is 17.0. The number of anilines is 4. The minimum atomic E-state index is -0.511. The number of nitrogens with one attached hydrogen (secondary N) is 3. The summed E-state index contributed by atoms with van der Waals surface area (Å²) in [6.07, 6.45) is 2.34. The van der Waals surface area contributed by atoms with Gasteiger partial charge in [0.2, 0.25) is 5.91 Å². The van der Waals surface area contributed by atoms with Crippen LogP contribution in [-0.2, 0) is 16.1 Å². The molecule has 41 heavy (non-hydrogen) atoms. The van der Waals surface area contributed by atoms with Crippen LogP contribution in [0.5, 0.6) is 5.75 Å². The molecule has 4 aromatic rings. The van der Waals surface area contributed by atoms with Crippen LogP contribution in [0.2, 0.25) is 5.02 Å². The predicted octanol–water partition coefficient (Wildman–Crippen LogP) is 5.39. The average Bonchev–Trinajstić information content (AvgIpc) is 3.48. The molecule has 210 valence electrons. The Balaban J connectivity index is 1.33. The number of hydrogen-bond donors (Lipinski definition) is 3. The van der Waals surface area contributed by atoms with Crippen LogP contribution in [0, 0.1) is 5.82 Å². The lowest BCUT2D eigenvalue weighted by Gasteiger charge is -2.28. The molecule has 2 aliphatic rings. The second-order valence-electron chi connectivity index (χ2n) is 9.68. The molecule has 3 aromatic carbocycles. The molecule has 3 N–H and O–H groups in total. The maximum absolute atomic E-state index is 13.7. The Hall–Kier alpha value is -4.48. The van der Waals surface area contributed by atoms with E-state index in [1.165, 1.54) is 18.5 Å². The van der Waals surface area contributed by atoms with E-state index in [0.717, 1.165) is 12.0 Å². The number of carbonyl (C=O) groups excluding carboxylic acids is 2. The maximum atomic E-state index is 13.7. The van der Waals surface area contributed by atoms with Crippen LogP contribution in [-0.4, -0.2) is 47.8 Å². The first-order valence-corrected chi connectivity index (χ1v) is 13.5. The number of nitrogens with zero attached hydrogens (tertiary/aromatic N) is 3. The van der Waals surface area contributed by atoms with E-state index < -0.39 is 11.8 Å². The zero-order valence-electron chi connectivity index (χ0n) is 21.8. The average molecular weight is 577 g/mol. The molecule has 2 saturated heterocycles. The highest BCUT2D eigenvalue weighted by molar-refractivity contribution is 6.31. The van der Waals surface area contributed by atoms with Gasteiger partial charge in [0.1, 0.15) is 29.8 Å². The topological polar surface area (TPSA) is 118 Å². The summed E-state index contributed by atoms with van der Waals surface area (Å²) < 4.78 is 25.5. The number of aromatic nitrogens is 2. The largest absolute Gasteiger partial charge is 0.486 e. The SMILES string of the molecule is O=C1CCN(c2ccccc2CNc2cc3c(Nc4ccc(F)c(Cl)c4)ncnc3cc2O[C@H]2CCOC2)C(=O)N1. The first-order chi connectivity index (χ1) is 19.9. The van der Waals surface area contributed by atoms with Crippen molar-refractivity contribution < 1.29 is 23.5 Å². The summed E-state index contributed by atoms with van der Waals surface area (Å²) in [7, 11) is 0. The summed E-state index contributed by atoms with van der Waals surface area (Å²) in [5.74, 6) is 0.306. The Kier molecular flexibility index (Phi) is 7.53. The molecule has 0 spiro atoms. The second kappa shape index (κ2) is 11.6. The Morgan fingerprint density at radius 1 is 1.15 bits per heavy atom. The van der Waals surface area contributed by atoms with Crippen molar-refractivity contribution in [3.8, 4) is 5.75 Å². The summed E-state index contributed by atoms with van der Waals surface area (Å²) in [5.41, 5.74) is 3.46. The van der Waals surface area contributed by atoms with Crippen molar-refractivity contribution in [3.05, 3.63) is 77.3 Å². The number of carbonyl (C=O) groups is 2. The van der Waals surface area contributed by atoms with Gasteiger partial charge in [-0.15, -0.1) is 0 Å². The molecular formula is C29H26ClFN6O4. The summed E-state index contributed by atoms with van der Waals surface area (Å²) >= 11 is 5.98. The fourth-order valence-electron chi connectivity index (χ4n) is 4.82. The van der Waals surface area contributed by atoms with Gasteiger partial charge in [-0.1, -0.05) is 29.8 Å². The van der Waals surface area contributed by atoms with Crippen molar-refractivity contribution in [1.82, 2.24) is 15.3 Å². The molecule has 1 aromatic heterocycles. The van der Waals surface area contributed by atoms with Gasteiger partial charge in [-0.05, 0) is 35.9 Å². The highest BCUT2D eigenvalue weighted by Gasteiger charge is 2.26. The van der Waals surface area contributed by atoms with Gasteiger partial charge >= 0.3 is 6.03 Å². The highest BCUT2D eigenvalue weighted by atomic mass is 35.5. The van der Waals surface area contributed by atoms with E-state index in [4.69, 9.17) is 21.1 Å². The molecule has 3 amide bonds. The lowest BCUT2D eigenvalue weighted by Crippen LogP contribution is -2.49. The van der Waals surface area contributed by atoms with Gasteiger partial charge in [-0.2, -0.15) is 0 Å². The number of urea groups is 1. The molecule has 2 aliphatic heterocycles. The van der Waals surface area contributed by atoms with Gasteiger partial charge in [0, 0.05) is 43.1 Å². The maximum Gasteiger partial charge on any atom is 0.328 e. The molecule has 0 saturated carbocycles. The van der Waals surface area contributed by atoms with Gasteiger partial charge in [0.15, 0.2) is 0 Å². The minimum absolute atomic E-state index is 0.00407. The third-order valence-electron chi connectivity index (χ3n) is 6.91. The van der Waals surface area contributed by atoms with E-state index in [-0.39, 0.29) is 23.5 Å². The van der Waals surface area contributed by atoms with E-state index in [9.17, 15) is 14.0 Å². The van der Waals surface area contributed by atoms with Crippen molar-refractivity contribution in [2.45, 2.75) is 25.5 Å². The van der Waals surface area contributed by atoms with Gasteiger partial charge in [0.25, 0.3) is 0 Å². The van der Waals surface area contributed by atoms with E-state index in [2.05, 4.69) is 25.9 Å². The van der Waals surface area contributed by atoms with Crippen LogP contribution in [0.1, 0.15) is 18.4 Å². The lowest BCUT2D eigenvalue weighted by atomic mass is 10.1. The number of halogens is 2. The predicted molar refractivity (Wildman–Crippen MR) is 153 cm³/mol. The Morgan fingerprint density at radius 3 is 2.83 bits per heavy atom. The van der Waals surface area contributed by atoms with Crippen LogP contribution >= 0.6 is 11.6 Å². The molecule has 6 rings (SSSR count). The molecule has 0 radical (unpaired) electrons. The molecular weight excluding hydrogens is 551 g/mol. The number of imide groups is 1. The third kappa shape index (κ3) is 5.86. The Labute approximate surface area is 239 Å². The number of ether oxygens (including phenoxy) is 2. The number of amides is 3. The van der Waals surface area contributed by atoms with Crippen molar-refractivity contribution in [2.75, 3.05) is 35.3 Å². The first-order valence-electron chi connectivity index (χ1n) is 13.1. The van der Waals surface area contributed by atoms with Crippen LogP contribution < -0.4 is 25.6 Å². The summed E-state index contributed by atoms with van der Waals surface area (Å²) in [6.45, 7) is 1.78. The van der Waals surface area contributed by atoms with Crippen molar-refractivity contribution in [1.29, 1.82) is 0 Å². The molecule has 0 bridgehead atoms. The third-order valence-corrected chi connectivity index (χ3v) is 7.20. The van der Waals surface area contributed by atoms with E-state index in [1.54, 1.807) is 11.0 Å². The number of hydrogen-bond acceptors (Lipinski definition) is 8. The first kappa shape index (κ1) is 26.7. The quantitative estimate of drug-likeness (QED) is 0.255. The van der Waals surface area contributed by atoms with E-state index >= 15 is 0 Å². The summed E-state index contributed by atoms with van der Waals surface area (Å²) in [5, 5.41) is 9.74. The van der Waals surface area contributed by atoms with E-state index in [1.807, 2.05) is 36.4 Å². The fraction of sp³-hybridized carbons (Fsp3) is 0.241. The number of rotatable bonds is 8. The molecule has 2 fully saturated rings. The number of benzene rings is 3. The van der Waals surface area contributed by atoms with Crippen LogP contribution in [0.15, 0.2) is 60.9 Å². The van der Waals surface area contributed by atoms with Gasteiger partial charge < -0.3 is 20.1 Å². The van der Waals surface area contributed by atoms with Gasteiger partial charge in [0.05, 0.1) is 35.1 Å². The lowest BCUT2D eigenvalue weighted by molar-refractivity contribution is -0.120. The number of fused-ring (bicyclic) bond motifs is 1. The standard InChI is InChI=1S/C29H26ClFN6O4/c30-21-11-18(5-6-22(21)31)35-28-20-12-24(26(13-23(20)33-16-34-28)41-19-8-10-40-15-19)32-14-17-3-1-2-4-25(17)37-9-7-27(38)36-29(37)39/h1-6,11-13,16,19,32H,7-10,14-15H2,(H,33,34,35)(H,36,38,39)/t19-/m0/s1. The zero-order chi connectivity index (χ0) is 28.3. The van der Waals surface area contributed by atoms with Crippen LogP contribution in [0.3, 0.4) is 0 Å². The number of para-hydroxylation sites is 1. The zero-order valence-corrected chi connectivity index (χ0v) is 22.6. The van der Waals surface area contributed by atoms with E-state index in [0.29, 0.717) is 65.8 Å². The molecule has 0 aliphatic carbocycles.